The summed E-state index contributed by atoms with van der Waals surface area (Å²) >= 11 is 3.31. The van der Waals surface area contributed by atoms with E-state index in [9.17, 15) is 19.2 Å². The molecular weight excluding hydrogens is 466 g/mol. The van der Waals surface area contributed by atoms with Crippen molar-refractivity contribution in [1.82, 2.24) is 24.9 Å². The normalized spacial score (nSPS) is 16.6. The van der Waals surface area contributed by atoms with Crippen LogP contribution >= 0.6 is 15.9 Å². The summed E-state index contributed by atoms with van der Waals surface area (Å²) in [6.07, 6.45) is 4.56. The van der Waals surface area contributed by atoms with Gasteiger partial charge in [-0.1, -0.05) is 15.9 Å². The van der Waals surface area contributed by atoms with Crippen molar-refractivity contribution in [3.63, 3.8) is 0 Å². The number of carbonyl (C=O) groups excluding carboxylic acids is 4. The highest BCUT2D eigenvalue weighted by molar-refractivity contribution is 9.10. The highest BCUT2D eigenvalue weighted by Crippen LogP contribution is 2.26. The van der Waals surface area contributed by atoms with Crippen LogP contribution in [0.1, 0.15) is 50.3 Å². The number of likely N-dealkylation sites (tertiary alicyclic amines) is 1. The van der Waals surface area contributed by atoms with E-state index in [1.165, 1.54) is 6.20 Å². The summed E-state index contributed by atoms with van der Waals surface area (Å²) in [5.74, 6) is -1.01. The molecule has 2 aromatic rings. The SMILES string of the molecule is Cn1cc(C(=O)NC2CCN(C(=O)CCN3C(=O)c4ccc(Br)cc4C3=O)CC2)cn1. The van der Waals surface area contributed by atoms with Crippen molar-refractivity contribution in [2.45, 2.75) is 25.3 Å². The van der Waals surface area contributed by atoms with E-state index in [4.69, 9.17) is 0 Å². The molecule has 0 bridgehead atoms. The summed E-state index contributed by atoms with van der Waals surface area (Å²) in [5.41, 5.74) is 1.23. The molecular formula is C21H22BrN5O4. The number of nitrogens with one attached hydrogen (secondary N) is 1. The zero-order valence-corrected chi connectivity index (χ0v) is 18.6. The molecule has 4 amide bonds. The van der Waals surface area contributed by atoms with Crippen LogP contribution in [-0.4, -0.2) is 68.9 Å². The minimum Gasteiger partial charge on any atom is -0.349 e. The Labute approximate surface area is 187 Å². The second kappa shape index (κ2) is 8.62. The summed E-state index contributed by atoms with van der Waals surface area (Å²) in [7, 11) is 1.75. The van der Waals surface area contributed by atoms with E-state index in [0.717, 1.165) is 9.37 Å². The molecule has 0 unspecified atom stereocenters. The standard InChI is InChI=1S/C21H22BrN5O4/c1-25-12-13(11-23-25)19(29)24-15-4-7-26(8-5-15)18(28)6-9-27-20(30)16-3-2-14(22)10-17(16)21(27)31/h2-3,10-12,15H,4-9H2,1H3,(H,24,29). The molecule has 0 atom stereocenters. The summed E-state index contributed by atoms with van der Waals surface area (Å²) in [6.45, 7) is 1.10. The maximum absolute atomic E-state index is 12.6. The quantitative estimate of drug-likeness (QED) is 0.644. The third-order valence-electron chi connectivity index (χ3n) is 5.63. The maximum atomic E-state index is 12.6. The first-order valence-electron chi connectivity index (χ1n) is 10.1. The van der Waals surface area contributed by atoms with Gasteiger partial charge in [0.15, 0.2) is 0 Å². The van der Waals surface area contributed by atoms with Crippen molar-refractivity contribution in [1.29, 1.82) is 0 Å². The Morgan fingerprint density at radius 3 is 2.55 bits per heavy atom. The molecule has 1 aromatic carbocycles. The molecule has 162 valence electrons. The Bertz CT molecular complexity index is 1060. The number of benzene rings is 1. The predicted octanol–water partition coefficient (Wildman–Crippen LogP) is 1.59. The zero-order valence-electron chi connectivity index (χ0n) is 17.0. The molecule has 0 aliphatic carbocycles. The molecule has 4 rings (SSSR count). The summed E-state index contributed by atoms with van der Waals surface area (Å²) in [5, 5.41) is 6.98. The monoisotopic (exact) mass is 487 g/mol. The van der Waals surface area contributed by atoms with Crippen LogP contribution in [0.4, 0.5) is 0 Å². The van der Waals surface area contributed by atoms with E-state index in [2.05, 4.69) is 26.3 Å². The smallest absolute Gasteiger partial charge is 0.261 e. The van der Waals surface area contributed by atoms with Gasteiger partial charge >= 0.3 is 0 Å². The topological polar surface area (TPSA) is 105 Å². The van der Waals surface area contributed by atoms with E-state index in [-0.39, 0.29) is 42.6 Å². The Hall–Kier alpha value is -3.01. The van der Waals surface area contributed by atoms with Gasteiger partial charge in [0.25, 0.3) is 17.7 Å². The number of hydrogen-bond acceptors (Lipinski definition) is 5. The Balaban J connectivity index is 1.26. The molecule has 3 heterocycles. The van der Waals surface area contributed by atoms with Gasteiger partial charge in [-0.3, -0.25) is 28.8 Å². The number of aromatic nitrogens is 2. The van der Waals surface area contributed by atoms with Crippen LogP contribution in [0.2, 0.25) is 0 Å². The fourth-order valence-electron chi connectivity index (χ4n) is 3.91. The molecule has 9 nitrogen and oxygen atoms in total. The number of halogens is 1. The fourth-order valence-corrected chi connectivity index (χ4v) is 4.27. The van der Waals surface area contributed by atoms with Gasteiger partial charge in [0, 0.05) is 49.8 Å². The minimum atomic E-state index is -0.370. The van der Waals surface area contributed by atoms with Crippen molar-refractivity contribution < 1.29 is 19.2 Å². The number of amides is 4. The van der Waals surface area contributed by atoms with E-state index < -0.39 is 0 Å². The number of fused-ring (bicyclic) bond motifs is 1. The largest absolute Gasteiger partial charge is 0.349 e. The van der Waals surface area contributed by atoms with Gasteiger partial charge in [0.1, 0.15) is 0 Å². The third-order valence-corrected chi connectivity index (χ3v) is 6.13. The van der Waals surface area contributed by atoms with Crippen LogP contribution in [0.3, 0.4) is 0 Å². The summed E-state index contributed by atoms with van der Waals surface area (Å²) < 4.78 is 2.30. The molecule has 2 aliphatic heterocycles. The zero-order chi connectivity index (χ0) is 22.1. The first kappa shape index (κ1) is 21.2. The molecule has 0 spiro atoms. The van der Waals surface area contributed by atoms with E-state index in [0.29, 0.717) is 42.6 Å². The number of aryl methyl sites for hydroxylation is 1. The van der Waals surface area contributed by atoms with Crippen LogP contribution in [-0.2, 0) is 11.8 Å². The number of nitrogens with zero attached hydrogens (tertiary/aromatic N) is 4. The molecule has 10 heteroatoms. The molecule has 31 heavy (non-hydrogen) atoms. The van der Waals surface area contributed by atoms with Crippen LogP contribution in [0, 0.1) is 0 Å². The fraction of sp³-hybridized carbons (Fsp3) is 0.381. The van der Waals surface area contributed by atoms with Gasteiger partial charge in [-0.15, -0.1) is 0 Å². The first-order chi connectivity index (χ1) is 14.8. The lowest BCUT2D eigenvalue weighted by Crippen LogP contribution is -2.47. The lowest BCUT2D eigenvalue weighted by atomic mass is 10.0. The predicted molar refractivity (Wildman–Crippen MR) is 114 cm³/mol. The second-order valence-electron chi connectivity index (χ2n) is 7.73. The molecule has 1 saturated heterocycles. The van der Waals surface area contributed by atoms with Gasteiger partial charge in [-0.25, -0.2) is 0 Å². The number of rotatable bonds is 5. The molecule has 1 N–H and O–H groups in total. The van der Waals surface area contributed by atoms with Gasteiger partial charge in [0.05, 0.1) is 22.9 Å². The lowest BCUT2D eigenvalue weighted by Gasteiger charge is -2.32. The van der Waals surface area contributed by atoms with Crippen molar-refractivity contribution in [3.8, 4) is 0 Å². The second-order valence-corrected chi connectivity index (χ2v) is 8.65. The average molecular weight is 488 g/mol. The molecule has 1 fully saturated rings. The summed E-state index contributed by atoms with van der Waals surface area (Å²) in [4.78, 5) is 52.7. The maximum Gasteiger partial charge on any atom is 0.261 e. The van der Waals surface area contributed by atoms with Gasteiger partial charge in [-0.2, -0.15) is 5.10 Å². The number of piperidine rings is 1. The van der Waals surface area contributed by atoms with Crippen LogP contribution in [0.5, 0.6) is 0 Å². The van der Waals surface area contributed by atoms with Crippen molar-refractivity contribution in [2.75, 3.05) is 19.6 Å². The van der Waals surface area contributed by atoms with E-state index >= 15 is 0 Å². The minimum absolute atomic E-state index is 0.00793. The lowest BCUT2D eigenvalue weighted by molar-refractivity contribution is -0.132. The molecule has 1 aromatic heterocycles. The Morgan fingerprint density at radius 2 is 1.87 bits per heavy atom. The Morgan fingerprint density at radius 1 is 1.16 bits per heavy atom. The molecule has 2 aliphatic rings. The highest BCUT2D eigenvalue weighted by atomic mass is 79.9. The van der Waals surface area contributed by atoms with E-state index in [1.54, 1.807) is 41.0 Å². The van der Waals surface area contributed by atoms with Crippen LogP contribution in [0.15, 0.2) is 35.1 Å². The number of carbonyl (C=O) groups is 4. The van der Waals surface area contributed by atoms with Crippen molar-refractivity contribution in [3.05, 3.63) is 51.8 Å². The van der Waals surface area contributed by atoms with Gasteiger partial charge < -0.3 is 10.2 Å². The third kappa shape index (κ3) is 4.39. The number of imide groups is 1. The first-order valence-corrected chi connectivity index (χ1v) is 10.9. The molecule has 0 saturated carbocycles. The van der Waals surface area contributed by atoms with Gasteiger partial charge in [0.2, 0.25) is 5.91 Å². The van der Waals surface area contributed by atoms with Crippen LogP contribution in [0.25, 0.3) is 0 Å². The number of hydrogen-bond donors (Lipinski definition) is 1. The highest BCUT2D eigenvalue weighted by Gasteiger charge is 2.36. The van der Waals surface area contributed by atoms with Gasteiger partial charge in [-0.05, 0) is 31.0 Å². The summed E-state index contributed by atoms with van der Waals surface area (Å²) in [6, 6.07) is 4.95. The van der Waals surface area contributed by atoms with Crippen LogP contribution < -0.4 is 5.32 Å². The molecule has 0 radical (unpaired) electrons. The Kier molecular flexibility index (Phi) is 5.90. The van der Waals surface area contributed by atoms with Crippen molar-refractivity contribution in [2.24, 2.45) is 7.05 Å². The van der Waals surface area contributed by atoms with Crippen molar-refractivity contribution >= 4 is 39.6 Å². The average Bonchev–Trinajstić information content (AvgIpc) is 3.29. The van der Waals surface area contributed by atoms with E-state index in [1.807, 2.05) is 0 Å².